The summed E-state index contributed by atoms with van der Waals surface area (Å²) in [5, 5.41) is 15.8. The van der Waals surface area contributed by atoms with Crippen molar-refractivity contribution in [3.63, 3.8) is 0 Å². The van der Waals surface area contributed by atoms with Crippen molar-refractivity contribution < 1.29 is 38.5 Å². The molecule has 4 heterocycles. The molecule has 2 saturated heterocycles. The van der Waals surface area contributed by atoms with Crippen molar-refractivity contribution >= 4 is 56.1 Å². The van der Waals surface area contributed by atoms with Crippen LogP contribution < -0.4 is 10.2 Å². The fraction of sp³-hybridized carbons (Fsp3) is 0.429. The molecule has 7 rings (SSSR count). The molecule has 1 spiro atoms. The van der Waals surface area contributed by atoms with E-state index in [1.165, 1.54) is 12.0 Å². The molecule has 4 aliphatic heterocycles. The van der Waals surface area contributed by atoms with Crippen LogP contribution in [-0.2, 0) is 33.4 Å². The van der Waals surface area contributed by atoms with Crippen molar-refractivity contribution in [3.8, 4) is 0 Å². The Morgan fingerprint density at radius 2 is 1.72 bits per heavy atom. The molecule has 0 radical (unpaired) electrons. The Labute approximate surface area is 323 Å². The second-order valence-electron chi connectivity index (χ2n) is 14.6. The van der Waals surface area contributed by atoms with Gasteiger partial charge in [0.05, 0.1) is 31.2 Å². The highest BCUT2D eigenvalue weighted by Gasteiger charge is 2.75. The molecule has 3 aromatic carbocycles. The first kappa shape index (κ1) is 37.9. The van der Waals surface area contributed by atoms with Gasteiger partial charge in [-0.15, -0.1) is 0 Å². The average Bonchev–Trinajstić information content (AvgIpc) is 3.78. The molecule has 5 bridgehead atoms. The maximum absolute atomic E-state index is 15.4. The topological polar surface area (TPSA) is 135 Å². The number of hydrogen-bond acceptors (Lipinski definition) is 8. The molecule has 12 heteroatoms. The number of aliphatic hydroxyl groups excluding tert-OH is 1. The fourth-order valence-corrected chi connectivity index (χ4v) is 9.33. The number of hydrogen-bond donors (Lipinski definition) is 2. The number of rotatable bonds is 8. The van der Waals surface area contributed by atoms with Crippen LogP contribution in [0.3, 0.4) is 0 Å². The van der Waals surface area contributed by atoms with Gasteiger partial charge >= 0.3 is 5.97 Å². The predicted molar refractivity (Wildman–Crippen MR) is 206 cm³/mol. The highest BCUT2D eigenvalue weighted by molar-refractivity contribution is 9.11. The van der Waals surface area contributed by atoms with Crippen LogP contribution in [0.1, 0.15) is 44.8 Å². The van der Waals surface area contributed by atoms with E-state index in [0.29, 0.717) is 28.6 Å². The summed E-state index contributed by atoms with van der Waals surface area (Å²) in [4.78, 5) is 61.6. The van der Waals surface area contributed by atoms with E-state index in [4.69, 9.17) is 14.2 Å². The normalized spacial score (nSPS) is 30.5. The standard InChI is InChI=1S/C42H46BrN3O8/c1-4-25(2)32(23-47)46-38-40(50)45(29-19-18-26-13-10-11-16-28(26)21-29)20-12-6-9-17-33(48)44-31(24-52-3)36(27-14-7-5-8-15-27)53-41(51)34-35(39(46)49)42(38)22-30(43)37(34)54-42/h5-8,10-16,18-19,21-22,25,31-32,34-38,47H,4,9,17,20,23-24H2,1-3H3,(H,44,48)/b12-6-/t25-,31-,32-,34+,35-,36-,37+,38+,42-/m0/s1. The number of carbonyl (C=O) groups is 4. The molecule has 54 heavy (non-hydrogen) atoms. The number of esters is 1. The number of aliphatic hydroxyl groups is 1. The largest absolute Gasteiger partial charge is 0.455 e. The van der Waals surface area contributed by atoms with Gasteiger partial charge in [0.15, 0.2) is 0 Å². The van der Waals surface area contributed by atoms with E-state index in [-0.39, 0.29) is 38.0 Å². The van der Waals surface area contributed by atoms with Crippen LogP contribution >= 0.6 is 15.9 Å². The number of amides is 3. The third-order valence-electron chi connectivity index (χ3n) is 11.4. The minimum Gasteiger partial charge on any atom is -0.455 e. The molecule has 9 atom stereocenters. The molecule has 2 fully saturated rings. The van der Waals surface area contributed by atoms with Crippen LogP contribution in [-0.4, -0.2) is 90.4 Å². The number of allylic oxidation sites excluding steroid dienone is 1. The number of benzene rings is 3. The molecular weight excluding hydrogens is 754 g/mol. The first-order valence-electron chi connectivity index (χ1n) is 18.6. The third-order valence-corrected chi connectivity index (χ3v) is 12.1. The van der Waals surface area contributed by atoms with Crippen LogP contribution in [0.5, 0.6) is 0 Å². The Hall–Kier alpha value is -4.36. The number of nitrogens with zero attached hydrogens (tertiary/aromatic N) is 2. The lowest BCUT2D eigenvalue weighted by Gasteiger charge is -2.40. The van der Waals surface area contributed by atoms with Crippen molar-refractivity contribution in [2.45, 2.75) is 69.0 Å². The van der Waals surface area contributed by atoms with Gasteiger partial charge in [0, 0.05) is 30.2 Å². The lowest BCUT2D eigenvalue weighted by atomic mass is 9.74. The second-order valence-corrected chi connectivity index (χ2v) is 15.5. The molecule has 3 amide bonds. The molecule has 0 saturated carbocycles. The SMILES string of the molecule is CC[C@H](C)[C@H](CO)N1C(=O)[C@@H]2[C@H]3C(=O)O[C@@H](c4ccccc4)[C@H](COC)NC(=O)CC/C=C\CN(c4ccc5ccccc5c4)C(=O)[C@@H]1[C@]21C=C(Br)[C@H]3O1. The summed E-state index contributed by atoms with van der Waals surface area (Å²) in [5.41, 5.74) is -0.304. The van der Waals surface area contributed by atoms with Crippen molar-refractivity contribution in [1.82, 2.24) is 10.2 Å². The third kappa shape index (κ3) is 6.67. The summed E-state index contributed by atoms with van der Waals surface area (Å²) in [6.07, 6.45) is 4.76. The Bertz CT molecular complexity index is 1970. The Kier molecular flexibility index (Phi) is 11.1. The number of ether oxygens (including phenoxy) is 3. The number of methoxy groups -OCH3 is 1. The Morgan fingerprint density at radius 1 is 0.981 bits per heavy atom. The quantitative estimate of drug-likeness (QED) is 0.234. The average molecular weight is 801 g/mol. The second kappa shape index (κ2) is 15.8. The van der Waals surface area contributed by atoms with Crippen molar-refractivity contribution in [3.05, 3.63) is 101 Å². The van der Waals surface area contributed by atoms with Crippen LogP contribution in [0.15, 0.2) is 95.5 Å². The van der Waals surface area contributed by atoms with Gasteiger partial charge in [-0.2, -0.15) is 0 Å². The van der Waals surface area contributed by atoms with Crippen molar-refractivity contribution in [2.24, 2.45) is 17.8 Å². The molecule has 0 aromatic heterocycles. The van der Waals surface area contributed by atoms with Gasteiger partial charge in [-0.25, -0.2) is 0 Å². The fourth-order valence-electron chi connectivity index (χ4n) is 8.60. The Morgan fingerprint density at radius 3 is 2.44 bits per heavy atom. The number of nitrogens with one attached hydrogen (secondary N) is 1. The van der Waals surface area contributed by atoms with E-state index in [9.17, 15) is 14.7 Å². The molecule has 0 unspecified atom stereocenters. The summed E-state index contributed by atoms with van der Waals surface area (Å²) in [7, 11) is 1.51. The van der Waals surface area contributed by atoms with Gasteiger partial charge in [0.1, 0.15) is 29.8 Å². The molecule has 4 aliphatic rings. The smallest absolute Gasteiger partial charge is 0.313 e. The van der Waals surface area contributed by atoms with Crippen LogP contribution in [0, 0.1) is 17.8 Å². The van der Waals surface area contributed by atoms with E-state index in [0.717, 1.165) is 10.8 Å². The highest BCUT2D eigenvalue weighted by atomic mass is 79.9. The van der Waals surface area contributed by atoms with Gasteiger partial charge in [-0.05, 0) is 46.9 Å². The van der Waals surface area contributed by atoms with Gasteiger partial charge in [0.25, 0.3) is 5.91 Å². The zero-order chi connectivity index (χ0) is 38.1. The maximum Gasteiger partial charge on any atom is 0.313 e. The zero-order valence-electron chi connectivity index (χ0n) is 30.6. The lowest BCUT2D eigenvalue weighted by molar-refractivity contribution is -0.163. The van der Waals surface area contributed by atoms with E-state index in [2.05, 4.69) is 21.2 Å². The highest BCUT2D eigenvalue weighted by Crippen LogP contribution is 2.59. The minimum absolute atomic E-state index is 0.0487. The molecule has 3 aromatic rings. The van der Waals surface area contributed by atoms with Gasteiger partial charge in [-0.1, -0.05) is 109 Å². The van der Waals surface area contributed by atoms with Crippen molar-refractivity contribution in [1.29, 1.82) is 0 Å². The summed E-state index contributed by atoms with van der Waals surface area (Å²) in [6, 6.07) is 20.0. The van der Waals surface area contributed by atoms with Crippen LogP contribution in [0.4, 0.5) is 5.69 Å². The van der Waals surface area contributed by atoms with Gasteiger partial charge in [-0.3, -0.25) is 19.2 Å². The van der Waals surface area contributed by atoms with E-state index >= 15 is 9.59 Å². The molecule has 0 aliphatic carbocycles. The first-order chi connectivity index (χ1) is 26.1. The molecule has 2 N–H and O–H groups in total. The first-order valence-corrected chi connectivity index (χ1v) is 19.4. The summed E-state index contributed by atoms with van der Waals surface area (Å²) in [6.45, 7) is 3.70. The lowest BCUT2D eigenvalue weighted by Crippen LogP contribution is -2.59. The zero-order valence-corrected chi connectivity index (χ0v) is 32.2. The van der Waals surface area contributed by atoms with E-state index < -0.39 is 65.6 Å². The minimum atomic E-state index is -1.54. The number of anilines is 1. The number of carbonyl (C=O) groups excluding carboxylic acids is 4. The van der Waals surface area contributed by atoms with Gasteiger partial charge < -0.3 is 34.4 Å². The molecular formula is C42H46BrN3O8. The number of likely N-dealkylation sites (tertiary alicyclic amines) is 1. The maximum atomic E-state index is 15.4. The van der Waals surface area contributed by atoms with E-state index in [1.807, 2.05) is 98.8 Å². The van der Waals surface area contributed by atoms with Gasteiger partial charge in [0.2, 0.25) is 11.8 Å². The summed E-state index contributed by atoms with van der Waals surface area (Å²) < 4.78 is 19.2. The monoisotopic (exact) mass is 799 g/mol. The molecule has 284 valence electrons. The molecule has 11 nitrogen and oxygen atoms in total. The number of cyclic esters (lactones) is 1. The van der Waals surface area contributed by atoms with Crippen LogP contribution in [0.2, 0.25) is 0 Å². The Balaban J connectivity index is 1.39. The summed E-state index contributed by atoms with van der Waals surface area (Å²) in [5.74, 6) is -4.28. The predicted octanol–water partition coefficient (Wildman–Crippen LogP) is 5.22. The van der Waals surface area contributed by atoms with E-state index in [1.54, 1.807) is 11.0 Å². The number of halogens is 1. The number of fused-ring (bicyclic) bond motifs is 3. The summed E-state index contributed by atoms with van der Waals surface area (Å²) >= 11 is 3.64. The van der Waals surface area contributed by atoms with Crippen LogP contribution in [0.25, 0.3) is 10.8 Å². The van der Waals surface area contributed by atoms with Crippen molar-refractivity contribution in [2.75, 3.05) is 31.8 Å².